The number of ether oxygens (including phenoxy) is 1. The number of aromatic nitrogens is 1. The van der Waals surface area contributed by atoms with Crippen molar-refractivity contribution < 1.29 is 18.7 Å². The van der Waals surface area contributed by atoms with Crippen molar-refractivity contribution in [3.05, 3.63) is 72.3 Å². The van der Waals surface area contributed by atoms with E-state index in [4.69, 9.17) is 4.74 Å². The molecule has 5 nitrogen and oxygen atoms in total. The van der Waals surface area contributed by atoms with Crippen molar-refractivity contribution in [2.75, 3.05) is 5.32 Å². The van der Waals surface area contributed by atoms with Crippen molar-refractivity contribution in [2.45, 2.75) is 45.3 Å². The highest BCUT2D eigenvalue weighted by molar-refractivity contribution is 6.00. The first-order valence-corrected chi connectivity index (χ1v) is 10.3. The van der Waals surface area contributed by atoms with Crippen LogP contribution in [0.3, 0.4) is 0 Å². The van der Waals surface area contributed by atoms with Crippen LogP contribution in [0.5, 0.6) is 5.75 Å². The average Bonchev–Trinajstić information content (AvgIpc) is 3.20. The molecule has 1 atom stereocenters. The molecule has 1 amide bonds. The number of halogens is 1. The Labute approximate surface area is 180 Å². The van der Waals surface area contributed by atoms with Crippen LogP contribution in [0.4, 0.5) is 10.1 Å². The van der Waals surface area contributed by atoms with Crippen LogP contribution in [0.1, 0.15) is 50.1 Å². The zero-order valence-corrected chi connectivity index (χ0v) is 17.8. The molecule has 1 aliphatic rings. The van der Waals surface area contributed by atoms with Gasteiger partial charge in [0, 0.05) is 12.6 Å². The van der Waals surface area contributed by atoms with Crippen LogP contribution in [-0.2, 0) is 4.79 Å². The van der Waals surface area contributed by atoms with Gasteiger partial charge in [-0.05, 0) is 74.7 Å². The molecule has 3 aromatic rings. The van der Waals surface area contributed by atoms with Gasteiger partial charge in [-0.3, -0.25) is 9.59 Å². The molecule has 6 heteroatoms. The standard InChI is InChI=1S/C25H25FN2O3/c1-25(2,3)31-18-9-6-16(7-10-18)17-8-11-20(19(26)15-17)27-24(30)22-12-13-23(29)21-5-4-14-28(21)22/h4-11,14-15,22H,12-13H2,1-3H3,(H,27,30). The molecule has 1 aromatic heterocycles. The van der Waals surface area contributed by atoms with Gasteiger partial charge in [0.1, 0.15) is 23.2 Å². The Kier molecular flexibility index (Phi) is 5.39. The number of anilines is 1. The largest absolute Gasteiger partial charge is 0.488 e. The lowest BCUT2D eigenvalue weighted by molar-refractivity contribution is -0.119. The molecular formula is C25H25FN2O3. The number of Topliss-reactive ketones (excluding diaryl/α,β-unsaturated/α-hetero) is 1. The molecule has 2 aromatic carbocycles. The van der Waals surface area contributed by atoms with E-state index in [1.54, 1.807) is 35.0 Å². The van der Waals surface area contributed by atoms with Crippen molar-refractivity contribution in [3.63, 3.8) is 0 Å². The zero-order chi connectivity index (χ0) is 22.2. The van der Waals surface area contributed by atoms with Crippen LogP contribution in [0.2, 0.25) is 0 Å². The van der Waals surface area contributed by atoms with Crippen molar-refractivity contribution in [1.29, 1.82) is 0 Å². The van der Waals surface area contributed by atoms with Crippen LogP contribution in [0.15, 0.2) is 60.8 Å². The van der Waals surface area contributed by atoms with Crippen molar-refractivity contribution >= 4 is 17.4 Å². The highest BCUT2D eigenvalue weighted by atomic mass is 19.1. The first-order valence-electron chi connectivity index (χ1n) is 10.3. The predicted octanol–water partition coefficient (Wildman–Crippen LogP) is 5.63. The number of nitrogens with zero attached hydrogens (tertiary/aromatic N) is 1. The second kappa shape index (κ2) is 8.02. The van der Waals surface area contributed by atoms with Gasteiger partial charge in [-0.1, -0.05) is 18.2 Å². The lowest BCUT2D eigenvalue weighted by atomic mass is 10.0. The van der Waals surface area contributed by atoms with E-state index in [0.717, 1.165) is 11.3 Å². The Hall–Kier alpha value is -3.41. The highest BCUT2D eigenvalue weighted by Gasteiger charge is 2.29. The first kappa shape index (κ1) is 20.8. The molecule has 31 heavy (non-hydrogen) atoms. The fourth-order valence-corrected chi connectivity index (χ4v) is 3.78. The summed E-state index contributed by atoms with van der Waals surface area (Å²) >= 11 is 0. The Bertz CT molecular complexity index is 1130. The fraction of sp³-hybridized carbons (Fsp3) is 0.280. The van der Waals surface area contributed by atoms with Gasteiger partial charge in [0.25, 0.3) is 0 Å². The average molecular weight is 420 g/mol. The summed E-state index contributed by atoms with van der Waals surface area (Å²) in [6.45, 7) is 5.93. The van der Waals surface area contributed by atoms with Crippen LogP contribution in [0, 0.1) is 5.82 Å². The summed E-state index contributed by atoms with van der Waals surface area (Å²) in [5.41, 5.74) is 1.89. The van der Waals surface area contributed by atoms with Crippen molar-refractivity contribution in [1.82, 2.24) is 4.57 Å². The first-order chi connectivity index (χ1) is 14.7. The fourth-order valence-electron chi connectivity index (χ4n) is 3.78. The third kappa shape index (κ3) is 4.53. The molecule has 0 aliphatic carbocycles. The third-order valence-electron chi connectivity index (χ3n) is 5.19. The van der Waals surface area contributed by atoms with Crippen LogP contribution < -0.4 is 10.1 Å². The van der Waals surface area contributed by atoms with Gasteiger partial charge in [0.15, 0.2) is 5.78 Å². The van der Waals surface area contributed by atoms with Gasteiger partial charge >= 0.3 is 0 Å². The summed E-state index contributed by atoms with van der Waals surface area (Å²) in [7, 11) is 0. The molecule has 0 bridgehead atoms. The number of carbonyl (C=O) groups is 2. The molecule has 0 saturated heterocycles. The summed E-state index contributed by atoms with van der Waals surface area (Å²) in [5.74, 6) is -0.0831. The number of nitrogens with one attached hydrogen (secondary N) is 1. The van der Waals surface area contributed by atoms with E-state index in [2.05, 4.69) is 5.32 Å². The van der Waals surface area contributed by atoms with E-state index in [-0.39, 0.29) is 23.0 Å². The maximum absolute atomic E-state index is 14.8. The predicted molar refractivity (Wildman–Crippen MR) is 118 cm³/mol. The maximum atomic E-state index is 14.8. The summed E-state index contributed by atoms with van der Waals surface area (Å²) in [6, 6.07) is 15.1. The zero-order valence-electron chi connectivity index (χ0n) is 17.8. The molecule has 0 fully saturated rings. The van der Waals surface area contributed by atoms with Gasteiger partial charge < -0.3 is 14.6 Å². The number of hydrogen-bond acceptors (Lipinski definition) is 3. The lowest BCUT2D eigenvalue weighted by Crippen LogP contribution is -2.31. The Morgan fingerprint density at radius 2 is 1.81 bits per heavy atom. The minimum absolute atomic E-state index is 0.0171. The van der Waals surface area contributed by atoms with E-state index in [9.17, 15) is 14.0 Å². The number of amides is 1. The molecule has 0 radical (unpaired) electrons. The van der Waals surface area contributed by atoms with Crippen LogP contribution >= 0.6 is 0 Å². The summed E-state index contributed by atoms with van der Waals surface area (Å²) < 4.78 is 22.2. The van der Waals surface area contributed by atoms with Gasteiger partial charge in [0.05, 0.1) is 11.4 Å². The Morgan fingerprint density at radius 1 is 1.10 bits per heavy atom. The Morgan fingerprint density at radius 3 is 2.48 bits per heavy atom. The molecular weight excluding hydrogens is 395 g/mol. The van der Waals surface area contributed by atoms with Crippen LogP contribution in [0.25, 0.3) is 11.1 Å². The summed E-state index contributed by atoms with van der Waals surface area (Å²) in [4.78, 5) is 24.7. The quantitative estimate of drug-likeness (QED) is 0.595. The van der Waals surface area contributed by atoms with E-state index in [0.29, 0.717) is 24.1 Å². The number of ketones is 1. The van der Waals surface area contributed by atoms with E-state index < -0.39 is 11.9 Å². The molecule has 1 unspecified atom stereocenters. The van der Waals surface area contributed by atoms with Gasteiger partial charge in [0.2, 0.25) is 5.91 Å². The van der Waals surface area contributed by atoms with Gasteiger partial charge in [-0.15, -0.1) is 0 Å². The molecule has 2 heterocycles. The SMILES string of the molecule is CC(C)(C)Oc1ccc(-c2ccc(NC(=O)C3CCC(=O)c4cccn43)c(F)c2)cc1. The van der Waals surface area contributed by atoms with Crippen molar-refractivity contribution in [3.8, 4) is 16.9 Å². The number of carbonyl (C=O) groups excluding carboxylic acids is 2. The van der Waals surface area contributed by atoms with E-state index in [1.807, 2.05) is 45.0 Å². The second-order valence-corrected chi connectivity index (χ2v) is 8.70. The molecule has 0 saturated carbocycles. The number of rotatable bonds is 4. The van der Waals surface area contributed by atoms with Gasteiger partial charge in [-0.25, -0.2) is 4.39 Å². The number of benzene rings is 2. The normalized spacial score (nSPS) is 16.0. The smallest absolute Gasteiger partial charge is 0.247 e. The number of fused-ring (bicyclic) bond motifs is 1. The molecule has 160 valence electrons. The van der Waals surface area contributed by atoms with Crippen LogP contribution in [-0.4, -0.2) is 21.9 Å². The summed E-state index contributed by atoms with van der Waals surface area (Å²) in [5, 5.41) is 2.67. The molecule has 4 rings (SSSR count). The second-order valence-electron chi connectivity index (χ2n) is 8.70. The maximum Gasteiger partial charge on any atom is 0.247 e. The Balaban J connectivity index is 1.49. The monoisotopic (exact) mass is 420 g/mol. The van der Waals surface area contributed by atoms with E-state index in [1.165, 1.54) is 6.07 Å². The molecule has 1 aliphatic heterocycles. The minimum Gasteiger partial charge on any atom is -0.488 e. The number of hydrogen-bond donors (Lipinski definition) is 1. The van der Waals surface area contributed by atoms with Gasteiger partial charge in [-0.2, -0.15) is 0 Å². The molecule has 0 spiro atoms. The summed E-state index contributed by atoms with van der Waals surface area (Å²) in [6.07, 6.45) is 2.41. The lowest BCUT2D eigenvalue weighted by Gasteiger charge is -2.24. The topological polar surface area (TPSA) is 60.3 Å². The van der Waals surface area contributed by atoms with Crippen molar-refractivity contribution in [2.24, 2.45) is 0 Å². The third-order valence-corrected chi connectivity index (χ3v) is 5.19. The molecule has 1 N–H and O–H groups in total. The van der Waals surface area contributed by atoms with E-state index >= 15 is 0 Å². The minimum atomic E-state index is -0.530. The highest BCUT2D eigenvalue weighted by Crippen LogP contribution is 2.30.